The molecule has 1 heteroatoms. The molecule has 0 aliphatic rings. The van der Waals surface area contributed by atoms with Gasteiger partial charge in [-0.05, 0) is 31.4 Å². The van der Waals surface area contributed by atoms with Gasteiger partial charge in [-0.25, -0.2) is 0 Å². The molecule has 0 rings (SSSR count). The van der Waals surface area contributed by atoms with Crippen molar-refractivity contribution in [2.75, 3.05) is 6.61 Å². The van der Waals surface area contributed by atoms with Crippen molar-refractivity contribution in [3.05, 3.63) is 24.0 Å². The Bertz CT molecular complexity index is 145. The highest BCUT2D eigenvalue weighted by Gasteiger charge is 1.89. The molecule has 0 unspecified atom stereocenters. The highest BCUT2D eigenvalue weighted by Crippen LogP contribution is 2.03. The zero-order chi connectivity index (χ0) is 11.2. The van der Waals surface area contributed by atoms with Crippen LogP contribution in [0, 0.1) is 0 Å². The number of rotatable bonds is 6. The van der Waals surface area contributed by atoms with E-state index in [0.717, 1.165) is 31.6 Å². The van der Waals surface area contributed by atoms with Crippen molar-refractivity contribution in [2.24, 2.45) is 0 Å². The van der Waals surface area contributed by atoms with Gasteiger partial charge in [-0.1, -0.05) is 40.7 Å². The molecule has 0 bridgehead atoms. The Morgan fingerprint density at radius 1 is 1.07 bits per heavy atom. The number of allylic oxidation sites excluding steroid dienone is 3. The van der Waals surface area contributed by atoms with E-state index in [9.17, 15) is 0 Å². The maximum Gasteiger partial charge on any atom is 0.114 e. The van der Waals surface area contributed by atoms with Crippen molar-refractivity contribution < 1.29 is 4.74 Å². The molecule has 0 atom stereocenters. The molecule has 0 amide bonds. The predicted molar refractivity (Wildman–Crippen MR) is 65.4 cm³/mol. The van der Waals surface area contributed by atoms with Crippen LogP contribution in [0.3, 0.4) is 0 Å². The average Bonchev–Trinajstić information content (AvgIpc) is 2.25. The minimum absolute atomic E-state index is 0.819. The second-order valence-corrected chi connectivity index (χ2v) is 2.67. The smallest absolute Gasteiger partial charge is 0.114 e. The van der Waals surface area contributed by atoms with E-state index in [4.69, 9.17) is 4.74 Å². The first kappa shape index (κ1) is 15.7. The Morgan fingerprint density at radius 3 is 2.14 bits per heavy atom. The average molecular weight is 198 g/mol. The summed E-state index contributed by atoms with van der Waals surface area (Å²) >= 11 is 0. The van der Waals surface area contributed by atoms with Crippen LogP contribution in [0.25, 0.3) is 0 Å². The van der Waals surface area contributed by atoms with Crippen molar-refractivity contribution in [2.45, 2.75) is 53.9 Å². The Labute approximate surface area is 89.9 Å². The van der Waals surface area contributed by atoms with E-state index in [-0.39, 0.29) is 0 Å². The van der Waals surface area contributed by atoms with E-state index >= 15 is 0 Å². The molecule has 0 radical (unpaired) electrons. The summed E-state index contributed by atoms with van der Waals surface area (Å²) in [6.45, 7) is 11.2. The minimum atomic E-state index is 0.819. The molecule has 0 saturated carbocycles. The summed E-state index contributed by atoms with van der Waals surface area (Å²) in [5.74, 6) is 1.02. The van der Waals surface area contributed by atoms with E-state index in [1.165, 1.54) is 0 Å². The van der Waals surface area contributed by atoms with E-state index < -0.39 is 0 Å². The maximum absolute atomic E-state index is 5.51. The molecular weight excluding hydrogens is 172 g/mol. The number of hydrogen-bond donors (Lipinski definition) is 0. The largest absolute Gasteiger partial charge is 0.494 e. The van der Waals surface area contributed by atoms with Crippen molar-refractivity contribution in [1.82, 2.24) is 0 Å². The first-order valence-corrected chi connectivity index (χ1v) is 5.84. The van der Waals surface area contributed by atoms with Crippen LogP contribution in [0.4, 0.5) is 0 Å². The monoisotopic (exact) mass is 198 g/mol. The van der Waals surface area contributed by atoms with Gasteiger partial charge in [0.05, 0.1) is 6.61 Å². The molecule has 1 nitrogen and oxygen atoms in total. The molecule has 0 aromatic carbocycles. The lowest BCUT2D eigenvalue weighted by Crippen LogP contribution is -1.90. The summed E-state index contributed by atoms with van der Waals surface area (Å²) in [7, 11) is 0. The minimum Gasteiger partial charge on any atom is -0.494 e. The first-order chi connectivity index (χ1) is 6.85. The van der Waals surface area contributed by atoms with Crippen molar-refractivity contribution in [3.63, 3.8) is 0 Å². The highest BCUT2D eigenvalue weighted by molar-refractivity contribution is 5.11. The fourth-order valence-corrected chi connectivity index (χ4v) is 0.830. The van der Waals surface area contributed by atoms with Crippen LogP contribution in [0.1, 0.15) is 53.9 Å². The Morgan fingerprint density at radius 2 is 1.71 bits per heavy atom. The number of hydrogen-bond acceptors (Lipinski definition) is 1. The van der Waals surface area contributed by atoms with Gasteiger partial charge in [0.2, 0.25) is 0 Å². The van der Waals surface area contributed by atoms with Crippen LogP contribution in [0.15, 0.2) is 24.0 Å². The van der Waals surface area contributed by atoms with Crippen LogP contribution < -0.4 is 0 Å². The first-order valence-electron chi connectivity index (χ1n) is 5.84. The van der Waals surface area contributed by atoms with Gasteiger partial charge in [0.15, 0.2) is 0 Å². The summed E-state index contributed by atoms with van der Waals surface area (Å²) in [4.78, 5) is 0. The molecule has 0 fully saturated rings. The van der Waals surface area contributed by atoms with Gasteiger partial charge >= 0.3 is 0 Å². The van der Waals surface area contributed by atoms with Crippen LogP contribution in [0.2, 0.25) is 0 Å². The summed E-state index contributed by atoms with van der Waals surface area (Å²) in [5.41, 5.74) is 0. The summed E-state index contributed by atoms with van der Waals surface area (Å²) in [6.07, 6.45) is 9.46. The Kier molecular flexibility index (Phi) is 16.6. The summed E-state index contributed by atoms with van der Waals surface area (Å²) in [6, 6.07) is 0. The molecule has 0 spiro atoms. The molecule has 0 heterocycles. The van der Waals surface area contributed by atoms with Crippen LogP contribution >= 0.6 is 0 Å². The highest BCUT2D eigenvalue weighted by atomic mass is 16.5. The Hall–Kier alpha value is -0.720. The van der Waals surface area contributed by atoms with E-state index in [1.807, 2.05) is 13.8 Å². The second-order valence-electron chi connectivity index (χ2n) is 2.67. The van der Waals surface area contributed by atoms with Gasteiger partial charge < -0.3 is 4.74 Å². The van der Waals surface area contributed by atoms with Crippen molar-refractivity contribution in [3.8, 4) is 0 Å². The standard InChI is InChI=1S/C11H20O.C2H6/c1-4-7-9-11(8-5-2)12-10-6-3;1-2/h7-9H,4-6,10H2,1-3H3;1-2H3/b9-7-,11-8+;. The fraction of sp³-hybridized carbons (Fsp3) is 0.692. The second kappa shape index (κ2) is 14.8. The van der Waals surface area contributed by atoms with Gasteiger partial charge in [-0.2, -0.15) is 0 Å². The zero-order valence-electron chi connectivity index (χ0n) is 10.5. The number of ether oxygens (including phenoxy) is 1. The molecule has 0 aliphatic carbocycles. The van der Waals surface area contributed by atoms with Gasteiger partial charge in [0, 0.05) is 0 Å². The molecular formula is C13H26O. The van der Waals surface area contributed by atoms with E-state index in [2.05, 4.69) is 39.0 Å². The third kappa shape index (κ3) is 11.3. The third-order valence-corrected chi connectivity index (χ3v) is 1.40. The molecule has 14 heavy (non-hydrogen) atoms. The molecule has 0 aromatic heterocycles. The molecule has 0 saturated heterocycles. The van der Waals surface area contributed by atoms with Gasteiger partial charge in [0.1, 0.15) is 5.76 Å². The zero-order valence-corrected chi connectivity index (χ0v) is 10.5. The van der Waals surface area contributed by atoms with Crippen molar-refractivity contribution in [1.29, 1.82) is 0 Å². The molecule has 0 aliphatic heterocycles. The summed E-state index contributed by atoms with van der Waals surface area (Å²) in [5, 5.41) is 0. The SMILES string of the molecule is CC.CC/C=C\C(=C/CC)OCCC. The van der Waals surface area contributed by atoms with Gasteiger partial charge in [-0.15, -0.1) is 0 Å². The van der Waals surface area contributed by atoms with E-state index in [0.29, 0.717) is 0 Å². The molecule has 0 N–H and O–H groups in total. The van der Waals surface area contributed by atoms with Crippen LogP contribution in [0.5, 0.6) is 0 Å². The molecule has 0 aromatic rings. The maximum atomic E-state index is 5.51. The molecule has 84 valence electrons. The fourth-order valence-electron chi connectivity index (χ4n) is 0.830. The normalized spacial score (nSPS) is 11.1. The van der Waals surface area contributed by atoms with E-state index in [1.54, 1.807) is 0 Å². The van der Waals surface area contributed by atoms with Crippen molar-refractivity contribution >= 4 is 0 Å². The predicted octanol–water partition coefficient (Wildman–Crippen LogP) is 4.70. The van der Waals surface area contributed by atoms with Gasteiger partial charge in [0.25, 0.3) is 0 Å². The quantitative estimate of drug-likeness (QED) is 0.444. The lowest BCUT2D eigenvalue weighted by molar-refractivity contribution is 0.223. The Balaban J connectivity index is 0. The van der Waals surface area contributed by atoms with Gasteiger partial charge in [-0.3, -0.25) is 0 Å². The van der Waals surface area contributed by atoms with Crippen LogP contribution in [-0.4, -0.2) is 6.61 Å². The van der Waals surface area contributed by atoms with Crippen LogP contribution in [-0.2, 0) is 4.74 Å². The topological polar surface area (TPSA) is 9.23 Å². The third-order valence-electron chi connectivity index (χ3n) is 1.40. The summed E-state index contributed by atoms with van der Waals surface area (Å²) < 4.78 is 5.51. The lowest BCUT2D eigenvalue weighted by Gasteiger charge is -2.04. The lowest BCUT2D eigenvalue weighted by atomic mass is 10.3.